The van der Waals surface area contributed by atoms with Crippen molar-refractivity contribution in [3.63, 3.8) is 0 Å². The second-order valence-electron chi connectivity index (χ2n) is 8.40. The molecule has 0 saturated heterocycles. The van der Waals surface area contributed by atoms with Crippen molar-refractivity contribution in [2.24, 2.45) is 0 Å². The standard InChI is InChI=1S/C21H27NO2S/c1-20(2)12-13-21(3,4)18-17(20)11-10-15(19(18)22)14-25(23,24)16-8-6-5-7-9-16/h5-11H,12-14,22H2,1-4H3. The Morgan fingerprint density at radius 3 is 2.16 bits per heavy atom. The second-order valence-corrected chi connectivity index (χ2v) is 10.4. The van der Waals surface area contributed by atoms with Crippen LogP contribution in [0.2, 0.25) is 0 Å². The minimum atomic E-state index is -3.41. The lowest BCUT2D eigenvalue weighted by Crippen LogP contribution is -2.35. The first kappa shape index (κ1) is 18.0. The topological polar surface area (TPSA) is 60.2 Å². The van der Waals surface area contributed by atoms with Crippen LogP contribution in [-0.4, -0.2) is 8.42 Å². The van der Waals surface area contributed by atoms with Gasteiger partial charge in [0.1, 0.15) is 0 Å². The van der Waals surface area contributed by atoms with Crippen molar-refractivity contribution in [3.8, 4) is 0 Å². The summed E-state index contributed by atoms with van der Waals surface area (Å²) in [6.07, 6.45) is 2.15. The zero-order chi connectivity index (χ0) is 18.5. The van der Waals surface area contributed by atoms with E-state index in [1.165, 1.54) is 5.56 Å². The Morgan fingerprint density at radius 1 is 0.920 bits per heavy atom. The molecule has 0 heterocycles. The van der Waals surface area contributed by atoms with E-state index in [9.17, 15) is 8.42 Å². The molecule has 1 aliphatic carbocycles. The average molecular weight is 358 g/mol. The van der Waals surface area contributed by atoms with E-state index in [0.717, 1.165) is 18.4 Å². The van der Waals surface area contributed by atoms with Gasteiger partial charge in [0.05, 0.1) is 10.6 Å². The number of hydrogen-bond acceptors (Lipinski definition) is 3. The van der Waals surface area contributed by atoms with E-state index in [1.807, 2.05) is 12.1 Å². The number of rotatable bonds is 3. The summed E-state index contributed by atoms with van der Waals surface area (Å²) in [6.45, 7) is 8.88. The van der Waals surface area contributed by atoms with Crippen LogP contribution in [0, 0.1) is 0 Å². The summed E-state index contributed by atoms with van der Waals surface area (Å²) >= 11 is 0. The molecule has 0 fully saturated rings. The highest BCUT2D eigenvalue weighted by molar-refractivity contribution is 7.90. The van der Waals surface area contributed by atoms with Crippen LogP contribution in [-0.2, 0) is 26.4 Å². The Hall–Kier alpha value is -1.81. The van der Waals surface area contributed by atoms with Gasteiger partial charge in [0.25, 0.3) is 0 Å². The summed E-state index contributed by atoms with van der Waals surface area (Å²) in [4.78, 5) is 0.340. The number of benzene rings is 2. The maximum absolute atomic E-state index is 12.8. The first-order chi connectivity index (χ1) is 11.5. The third kappa shape index (κ3) is 3.20. The molecule has 0 aromatic heterocycles. The van der Waals surface area contributed by atoms with Gasteiger partial charge in [-0.25, -0.2) is 8.42 Å². The predicted octanol–water partition coefficient (Wildman–Crippen LogP) is 4.59. The molecule has 2 N–H and O–H groups in total. The van der Waals surface area contributed by atoms with Crippen LogP contribution in [0.4, 0.5) is 5.69 Å². The smallest absolute Gasteiger partial charge is 0.182 e. The van der Waals surface area contributed by atoms with Gasteiger partial charge in [-0.05, 0) is 52.5 Å². The molecule has 0 saturated carbocycles. The molecule has 0 unspecified atom stereocenters. The van der Waals surface area contributed by atoms with Crippen LogP contribution in [0.15, 0.2) is 47.4 Å². The number of fused-ring (bicyclic) bond motifs is 1. The van der Waals surface area contributed by atoms with Gasteiger partial charge < -0.3 is 5.73 Å². The van der Waals surface area contributed by atoms with Gasteiger partial charge >= 0.3 is 0 Å². The van der Waals surface area contributed by atoms with Crippen molar-refractivity contribution in [3.05, 3.63) is 59.2 Å². The van der Waals surface area contributed by atoms with Gasteiger partial charge in [-0.1, -0.05) is 58.0 Å². The molecular formula is C21H27NO2S. The Kier molecular flexibility index (Phi) is 4.23. The number of anilines is 1. The van der Waals surface area contributed by atoms with E-state index in [-0.39, 0.29) is 16.6 Å². The monoisotopic (exact) mass is 357 g/mol. The van der Waals surface area contributed by atoms with Gasteiger partial charge in [0.2, 0.25) is 0 Å². The Balaban J connectivity index is 2.09. The zero-order valence-corrected chi connectivity index (χ0v) is 16.3. The highest BCUT2D eigenvalue weighted by atomic mass is 32.2. The number of sulfone groups is 1. The highest BCUT2D eigenvalue weighted by Crippen LogP contribution is 2.48. The Morgan fingerprint density at radius 2 is 1.52 bits per heavy atom. The zero-order valence-electron chi connectivity index (χ0n) is 15.5. The first-order valence-corrected chi connectivity index (χ1v) is 10.4. The lowest BCUT2D eigenvalue weighted by atomic mass is 9.62. The molecular weight excluding hydrogens is 330 g/mol. The summed E-state index contributed by atoms with van der Waals surface area (Å²) in [5, 5.41) is 0. The van der Waals surface area contributed by atoms with Gasteiger partial charge in [0.15, 0.2) is 9.84 Å². The van der Waals surface area contributed by atoms with Crippen molar-refractivity contribution < 1.29 is 8.42 Å². The molecule has 2 aromatic carbocycles. The molecule has 134 valence electrons. The lowest BCUT2D eigenvalue weighted by Gasteiger charge is -2.43. The van der Waals surface area contributed by atoms with Crippen molar-refractivity contribution in [2.75, 3.05) is 5.73 Å². The van der Waals surface area contributed by atoms with Crippen LogP contribution in [0.5, 0.6) is 0 Å². The molecule has 4 heteroatoms. The summed E-state index contributed by atoms with van der Waals surface area (Å²) in [6, 6.07) is 12.6. The van der Waals surface area contributed by atoms with Crippen LogP contribution in [0.1, 0.15) is 57.2 Å². The quantitative estimate of drug-likeness (QED) is 0.817. The molecule has 0 radical (unpaired) electrons. The average Bonchev–Trinajstić information content (AvgIpc) is 2.54. The third-order valence-electron chi connectivity index (χ3n) is 5.56. The van der Waals surface area contributed by atoms with Crippen molar-refractivity contribution in [1.29, 1.82) is 0 Å². The SMILES string of the molecule is CC1(C)CCC(C)(C)c2c1ccc(CS(=O)(=O)c1ccccc1)c2N. The number of nitrogens with two attached hydrogens (primary N) is 1. The van der Waals surface area contributed by atoms with Gasteiger partial charge in [-0.15, -0.1) is 0 Å². The van der Waals surface area contributed by atoms with E-state index in [0.29, 0.717) is 16.1 Å². The van der Waals surface area contributed by atoms with Crippen LogP contribution in [0.3, 0.4) is 0 Å². The molecule has 0 atom stereocenters. The Labute approximate surface area is 151 Å². The van der Waals surface area contributed by atoms with Gasteiger partial charge in [0, 0.05) is 5.69 Å². The van der Waals surface area contributed by atoms with E-state index in [2.05, 4.69) is 33.8 Å². The normalized spacial score (nSPS) is 18.6. The lowest BCUT2D eigenvalue weighted by molar-refractivity contribution is 0.333. The summed E-state index contributed by atoms with van der Waals surface area (Å²) in [5.74, 6) is -0.0629. The maximum Gasteiger partial charge on any atom is 0.182 e. The molecule has 0 bridgehead atoms. The fourth-order valence-corrected chi connectivity index (χ4v) is 5.28. The number of nitrogen functional groups attached to an aromatic ring is 1. The van der Waals surface area contributed by atoms with Crippen molar-refractivity contribution in [1.82, 2.24) is 0 Å². The summed E-state index contributed by atoms with van der Waals surface area (Å²) in [7, 11) is -3.41. The highest BCUT2D eigenvalue weighted by Gasteiger charge is 2.39. The van der Waals surface area contributed by atoms with E-state index in [1.54, 1.807) is 24.3 Å². The van der Waals surface area contributed by atoms with E-state index < -0.39 is 9.84 Å². The fourth-order valence-electron chi connectivity index (χ4n) is 3.88. The minimum Gasteiger partial charge on any atom is -0.398 e. The summed E-state index contributed by atoms with van der Waals surface area (Å²) < 4.78 is 25.5. The minimum absolute atomic E-state index is 0.0402. The first-order valence-electron chi connectivity index (χ1n) is 8.75. The van der Waals surface area contributed by atoms with Crippen LogP contribution in [0.25, 0.3) is 0 Å². The molecule has 1 aliphatic rings. The second kappa shape index (κ2) is 5.87. The molecule has 0 aliphatic heterocycles. The Bertz CT molecular complexity index is 897. The molecule has 25 heavy (non-hydrogen) atoms. The maximum atomic E-state index is 12.8. The van der Waals surface area contributed by atoms with Crippen molar-refractivity contribution >= 4 is 15.5 Å². The molecule has 0 spiro atoms. The molecule has 0 amide bonds. The van der Waals surface area contributed by atoms with Crippen molar-refractivity contribution in [2.45, 2.75) is 62.0 Å². The van der Waals surface area contributed by atoms with E-state index >= 15 is 0 Å². The van der Waals surface area contributed by atoms with Gasteiger partial charge in [-0.2, -0.15) is 0 Å². The molecule has 2 aromatic rings. The third-order valence-corrected chi connectivity index (χ3v) is 7.25. The predicted molar refractivity (Wildman–Crippen MR) is 103 cm³/mol. The largest absolute Gasteiger partial charge is 0.398 e. The molecule has 3 nitrogen and oxygen atoms in total. The number of hydrogen-bond donors (Lipinski definition) is 1. The van der Waals surface area contributed by atoms with Crippen LogP contribution < -0.4 is 5.73 Å². The summed E-state index contributed by atoms with van der Waals surface area (Å²) in [5.41, 5.74) is 10.3. The van der Waals surface area contributed by atoms with Crippen LogP contribution >= 0.6 is 0 Å². The fraction of sp³-hybridized carbons (Fsp3) is 0.429. The molecule has 3 rings (SSSR count). The van der Waals surface area contributed by atoms with E-state index in [4.69, 9.17) is 5.73 Å². The van der Waals surface area contributed by atoms with Gasteiger partial charge in [-0.3, -0.25) is 0 Å².